The van der Waals surface area contributed by atoms with E-state index in [1.165, 1.54) is 14.1 Å². The highest BCUT2D eigenvalue weighted by atomic mass is 32.2. The van der Waals surface area contributed by atoms with Crippen LogP contribution >= 0.6 is 0 Å². The molecule has 0 spiro atoms. The lowest BCUT2D eigenvalue weighted by atomic mass is 10.3. The molecule has 5 nitrogen and oxygen atoms in total. The minimum Gasteiger partial charge on any atom is -0.269 e. The molecule has 0 aromatic heterocycles. The van der Waals surface area contributed by atoms with Crippen LogP contribution in [0.4, 0.5) is 0 Å². The third-order valence-electron chi connectivity index (χ3n) is 1.49. The van der Waals surface area contributed by atoms with Gasteiger partial charge in [0.05, 0.1) is 0 Å². The van der Waals surface area contributed by atoms with Gasteiger partial charge in [0.25, 0.3) is 5.91 Å². The molecular weight excluding hydrogens is 192 g/mol. The summed E-state index contributed by atoms with van der Waals surface area (Å²) in [6.45, 7) is 3.21. The average molecular weight is 206 g/mol. The summed E-state index contributed by atoms with van der Waals surface area (Å²) in [7, 11) is -0.964. The van der Waals surface area contributed by atoms with Crippen molar-refractivity contribution in [2.75, 3.05) is 14.1 Å². The van der Waals surface area contributed by atoms with Crippen LogP contribution in [0.1, 0.15) is 13.8 Å². The van der Waals surface area contributed by atoms with E-state index in [2.05, 4.69) is 0 Å². The predicted molar refractivity (Wildman–Crippen MR) is 50.2 cm³/mol. The molecule has 0 aliphatic heterocycles. The normalized spacial score (nSPS) is 13.2. The first kappa shape index (κ1) is 12.1. The van der Waals surface area contributed by atoms with Gasteiger partial charge in [-0.05, 0) is 13.8 Å². The van der Waals surface area contributed by atoms with Gasteiger partial charge in [0.1, 0.15) is 0 Å². The maximum atomic E-state index is 11.1. The van der Waals surface area contributed by atoms with Gasteiger partial charge in [-0.25, -0.2) is 4.72 Å². The van der Waals surface area contributed by atoms with Crippen molar-refractivity contribution in [3.8, 4) is 0 Å². The maximum absolute atomic E-state index is 11.1. The molecular formula is C7H14N2O3S. The van der Waals surface area contributed by atoms with Gasteiger partial charge < -0.3 is 0 Å². The summed E-state index contributed by atoms with van der Waals surface area (Å²) in [5.41, 5.74) is 0.366. The van der Waals surface area contributed by atoms with E-state index in [0.717, 1.165) is 4.31 Å². The molecule has 1 amide bonds. The summed E-state index contributed by atoms with van der Waals surface area (Å²) in [5, 5.41) is 0. The highest BCUT2D eigenvalue weighted by Crippen LogP contribution is 1.95. The molecule has 0 atom stereocenters. The second-order valence-electron chi connectivity index (χ2n) is 2.69. The molecule has 0 radical (unpaired) electrons. The molecule has 0 heterocycles. The molecule has 0 aromatic carbocycles. The lowest BCUT2D eigenvalue weighted by molar-refractivity contribution is -0.115. The molecule has 0 saturated heterocycles. The lowest BCUT2D eigenvalue weighted by Gasteiger charge is -2.11. The van der Waals surface area contributed by atoms with Crippen molar-refractivity contribution < 1.29 is 13.2 Å². The fourth-order valence-corrected chi connectivity index (χ4v) is 0.998. The van der Waals surface area contributed by atoms with Crippen LogP contribution in [-0.4, -0.2) is 32.7 Å². The Morgan fingerprint density at radius 3 is 2.15 bits per heavy atom. The molecule has 6 heteroatoms. The van der Waals surface area contributed by atoms with Gasteiger partial charge in [-0.2, -0.15) is 12.7 Å². The molecule has 0 aliphatic rings. The van der Waals surface area contributed by atoms with Gasteiger partial charge in [0.15, 0.2) is 0 Å². The number of hydrogen-bond acceptors (Lipinski definition) is 3. The van der Waals surface area contributed by atoms with E-state index in [1.54, 1.807) is 19.9 Å². The van der Waals surface area contributed by atoms with Crippen LogP contribution in [-0.2, 0) is 15.0 Å². The third-order valence-corrected chi connectivity index (χ3v) is 2.90. The largest absolute Gasteiger partial charge is 0.303 e. The minimum atomic E-state index is -3.66. The van der Waals surface area contributed by atoms with E-state index in [4.69, 9.17) is 0 Å². The Bertz CT molecular complexity index is 317. The van der Waals surface area contributed by atoms with Crippen LogP contribution in [0.25, 0.3) is 0 Å². The zero-order chi connectivity index (χ0) is 10.6. The van der Waals surface area contributed by atoms with Crippen molar-refractivity contribution in [2.24, 2.45) is 0 Å². The fourth-order valence-electron chi connectivity index (χ4n) is 0.420. The van der Waals surface area contributed by atoms with Crippen molar-refractivity contribution in [1.82, 2.24) is 9.03 Å². The van der Waals surface area contributed by atoms with Crippen molar-refractivity contribution in [3.05, 3.63) is 11.6 Å². The zero-order valence-electron chi connectivity index (χ0n) is 8.16. The number of carbonyl (C=O) groups is 1. The molecule has 0 saturated carbocycles. The minimum absolute atomic E-state index is 0.366. The summed E-state index contributed by atoms with van der Waals surface area (Å²) in [5.74, 6) is -0.601. The summed E-state index contributed by atoms with van der Waals surface area (Å²) in [6, 6.07) is 0. The average Bonchev–Trinajstić information content (AvgIpc) is 2.01. The molecule has 0 aliphatic carbocycles. The number of rotatable bonds is 3. The van der Waals surface area contributed by atoms with Crippen LogP contribution < -0.4 is 4.72 Å². The first-order valence-corrected chi connectivity index (χ1v) is 5.12. The molecule has 76 valence electrons. The Kier molecular flexibility index (Phi) is 4.09. The van der Waals surface area contributed by atoms with Crippen LogP contribution in [0.3, 0.4) is 0 Å². The Hall–Kier alpha value is -0.880. The standard InChI is InChI=1S/C7H14N2O3S/c1-5-6(2)7(10)8-13(11,12)9(3)4/h5H,1-4H3,(H,8,10). The van der Waals surface area contributed by atoms with Crippen molar-refractivity contribution in [2.45, 2.75) is 13.8 Å². The summed E-state index contributed by atoms with van der Waals surface area (Å²) < 4.78 is 25.1. The van der Waals surface area contributed by atoms with E-state index in [-0.39, 0.29) is 0 Å². The van der Waals surface area contributed by atoms with E-state index in [1.807, 2.05) is 4.72 Å². The molecule has 0 fully saturated rings. The topological polar surface area (TPSA) is 66.5 Å². The zero-order valence-corrected chi connectivity index (χ0v) is 8.97. The van der Waals surface area contributed by atoms with Crippen molar-refractivity contribution >= 4 is 16.1 Å². The quantitative estimate of drug-likeness (QED) is 0.654. The van der Waals surface area contributed by atoms with Crippen LogP contribution in [0.5, 0.6) is 0 Å². The summed E-state index contributed by atoms with van der Waals surface area (Å²) >= 11 is 0. The Morgan fingerprint density at radius 2 is 1.85 bits per heavy atom. The highest BCUT2D eigenvalue weighted by molar-refractivity contribution is 7.87. The number of carbonyl (C=O) groups excluding carboxylic acids is 1. The van der Waals surface area contributed by atoms with Gasteiger partial charge >= 0.3 is 10.2 Å². The predicted octanol–water partition coefficient (Wildman–Crippen LogP) is -0.125. The first-order valence-electron chi connectivity index (χ1n) is 3.68. The van der Waals surface area contributed by atoms with Crippen LogP contribution in [0.2, 0.25) is 0 Å². The number of amides is 1. The van der Waals surface area contributed by atoms with Crippen LogP contribution in [0.15, 0.2) is 11.6 Å². The van der Waals surface area contributed by atoms with E-state index < -0.39 is 16.1 Å². The monoisotopic (exact) mass is 206 g/mol. The lowest BCUT2D eigenvalue weighted by Crippen LogP contribution is -2.39. The molecule has 1 N–H and O–H groups in total. The Morgan fingerprint density at radius 1 is 1.38 bits per heavy atom. The molecule has 0 aromatic rings. The second kappa shape index (κ2) is 4.38. The SMILES string of the molecule is CC=C(C)C(=O)NS(=O)(=O)N(C)C. The highest BCUT2D eigenvalue weighted by Gasteiger charge is 2.16. The molecule has 0 rings (SSSR count). The van der Waals surface area contributed by atoms with Gasteiger partial charge in [-0.15, -0.1) is 0 Å². The molecule has 0 bridgehead atoms. The smallest absolute Gasteiger partial charge is 0.269 e. The van der Waals surface area contributed by atoms with Gasteiger partial charge in [-0.3, -0.25) is 4.79 Å². The van der Waals surface area contributed by atoms with Crippen LogP contribution in [0, 0.1) is 0 Å². The van der Waals surface area contributed by atoms with Crippen molar-refractivity contribution in [1.29, 1.82) is 0 Å². The van der Waals surface area contributed by atoms with Gasteiger partial charge in [0, 0.05) is 19.7 Å². The van der Waals surface area contributed by atoms with E-state index >= 15 is 0 Å². The van der Waals surface area contributed by atoms with E-state index in [0.29, 0.717) is 5.57 Å². The number of allylic oxidation sites excluding steroid dienone is 1. The van der Waals surface area contributed by atoms with Gasteiger partial charge in [0.2, 0.25) is 0 Å². The molecule has 0 unspecified atom stereocenters. The van der Waals surface area contributed by atoms with Gasteiger partial charge in [-0.1, -0.05) is 6.08 Å². The maximum Gasteiger partial charge on any atom is 0.303 e. The first-order chi connectivity index (χ1) is 5.81. The summed E-state index contributed by atoms with van der Waals surface area (Å²) in [4.78, 5) is 11.1. The summed E-state index contributed by atoms with van der Waals surface area (Å²) in [6.07, 6.45) is 1.54. The Labute approximate surface area is 78.6 Å². The number of hydrogen-bond donors (Lipinski definition) is 1. The number of nitrogens with zero attached hydrogens (tertiary/aromatic N) is 1. The van der Waals surface area contributed by atoms with Crippen molar-refractivity contribution in [3.63, 3.8) is 0 Å². The fraction of sp³-hybridized carbons (Fsp3) is 0.571. The molecule has 13 heavy (non-hydrogen) atoms. The second-order valence-corrected chi connectivity index (χ2v) is 4.57. The number of nitrogens with one attached hydrogen (secondary N) is 1. The Balaban J connectivity index is 4.58. The third kappa shape index (κ3) is 3.56. The van der Waals surface area contributed by atoms with E-state index in [9.17, 15) is 13.2 Å².